The van der Waals surface area contributed by atoms with Gasteiger partial charge >= 0.3 is 0 Å². The summed E-state index contributed by atoms with van der Waals surface area (Å²) in [5.41, 5.74) is 1.37. The van der Waals surface area contributed by atoms with Crippen LogP contribution in [0.3, 0.4) is 0 Å². The highest BCUT2D eigenvalue weighted by Crippen LogP contribution is 2.17. The molecule has 0 aliphatic carbocycles. The van der Waals surface area contributed by atoms with Gasteiger partial charge in [0.25, 0.3) is 0 Å². The van der Waals surface area contributed by atoms with Gasteiger partial charge in [0.2, 0.25) is 5.91 Å². The number of likely N-dealkylation sites (N-methyl/N-ethyl adjacent to an activating group) is 2. The van der Waals surface area contributed by atoms with E-state index in [0.717, 1.165) is 32.5 Å². The van der Waals surface area contributed by atoms with Crippen molar-refractivity contribution in [3.05, 3.63) is 35.9 Å². The van der Waals surface area contributed by atoms with Gasteiger partial charge < -0.3 is 10.2 Å². The molecule has 2 rings (SSSR count). The minimum Gasteiger partial charge on any atom is -0.342 e. The topological polar surface area (TPSA) is 35.6 Å². The summed E-state index contributed by atoms with van der Waals surface area (Å²) in [6, 6.07) is 11.0. The number of rotatable bonds is 5. The van der Waals surface area contributed by atoms with E-state index in [-0.39, 0.29) is 5.91 Å². The predicted molar refractivity (Wildman–Crippen MR) is 81.4 cm³/mol. The number of hydrogen-bond acceptors (Lipinski definition) is 3. The molecule has 0 bridgehead atoms. The highest BCUT2D eigenvalue weighted by Gasteiger charge is 2.24. The summed E-state index contributed by atoms with van der Waals surface area (Å²) in [6.07, 6.45) is 2.14. The summed E-state index contributed by atoms with van der Waals surface area (Å²) in [6.45, 7) is 3.58. The van der Waals surface area contributed by atoms with Crippen molar-refractivity contribution < 1.29 is 4.79 Å². The van der Waals surface area contributed by atoms with Crippen molar-refractivity contribution in [2.75, 3.05) is 33.7 Å². The first kappa shape index (κ1) is 15.0. The van der Waals surface area contributed by atoms with Crippen molar-refractivity contribution in [2.45, 2.75) is 25.4 Å². The Bertz CT molecular complexity index is 413. The van der Waals surface area contributed by atoms with E-state index in [1.807, 2.05) is 19.0 Å². The van der Waals surface area contributed by atoms with E-state index in [0.29, 0.717) is 12.6 Å². The van der Waals surface area contributed by atoms with Gasteiger partial charge in [0.05, 0.1) is 6.54 Å². The fraction of sp³-hybridized carbons (Fsp3) is 0.562. The number of likely N-dealkylation sites (tertiary alicyclic amines) is 1. The van der Waals surface area contributed by atoms with Crippen LogP contribution in [-0.4, -0.2) is 55.5 Å². The van der Waals surface area contributed by atoms with Gasteiger partial charge in [-0.1, -0.05) is 30.3 Å². The maximum atomic E-state index is 11.9. The first-order valence-corrected chi connectivity index (χ1v) is 7.37. The third kappa shape index (κ3) is 4.05. The van der Waals surface area contributed by atoms with Crippen molar-refractivity contribution in [3.8, 4) is 0 Å². The third-order valence-electron chi connectivity index (χ3n) is 4.08. The number of benzene rings is 1. The van der Waals surface area contributed by atoms with E-state index in [9.17, 15) is 4.79 Å². The van der Waals surface area contributed by atoms with Crippen LogP contribution in [0.1, 0.15) is 18.4 Å². The number of hydrogen-bond donors (Lipinski definition) is 1. The van der Waals surface area contributed by atoms with E-state index in [1.54, 1.807) is 0 Å². The Morgan fingerprint density at radius 1 is 1.30 bits per heavy atom. The van der Waals surface area contributed by atoms with Gasteiger partial charge in [-0.2, -0.15) is 0 Å². The second-order valence-electron chi connectivity index (χ2n) is 5.53. The van der Waals surface area contributed by atoms with Crippen LogP contribution in [-0.2, 0) is 11.3 Å². The summed E-state index contributed by atoms with van der Waals surface area (Å²) in [5.74, 6) is 0.189. The molecular weight excluding hydrogens is 250 g/mol. The standard InChI is InChI=1S/C16H25N3O/c1-17-12-16(20)18(2)15-8-10-19(11-9-15)13-14-6-4-3-5-7-14/h3-7,15,17H,8-13H2,1-2H3. The lowest BCUT2D eigenvalue weighted by atomic mass is 10.0. The number of amides is 1. The number of piperidine rings is 1. The summed E-state index contributed by atoms with van der Waals surface area (Å²) in [7, 11) is 3.74. The quantitative estimate of drug-likeness (QED) is 0.880. The monoisotopic (exact) mass is 275 g/mol. The molecular formula is C16H25N3O. The second-order valence-corrected chi connectivity index (χ2v) is 5.53. The molecule has 0 aromatic heterocycles. The lowest BCUT2D eigenvalue weighted by molar-refractivity contribution is -0.131. The van der Waals surface area contributed by atoms with Gasteiger partial charge in [-0.05, 0) is 25.5 Å². The maximum Gasteiger partial charge on any atom is 0.236 e. The number of nitrogens with one attached hydrogen (secondary N) is 1. The Labute approximate surface area is 121 Å². The van der Waals surface area contributed by atoms with Gasteiger partial charge in [-0.15, -0.1) is 0 Å². The highest BCUT2D eigenvalue weighted by molar-refractivity contribution is 5.78. The highest BCUT2D eigenvalue weighted by atomic mass is 16.2. The molecule has 0 atom stereocenters. The minimum atomic E-state index is 0.189. The smallest absolute Gasteiger partial charge is 0.236 e. The average molecular weight is 275 g/mol. The average Bonchev–Trinajstić information content (AvgIpc) is 2.48. The van der Waals surface area contributed by atoms with E-state index < -0.39 is 0 Å². The second kappa shape index (κ2) is 7.41. The summed E-state index contributed by atoms with van der Waals surface area (Å²) in [4.78, 5) is 16.3. The molecule has 20 heavy (non-hydrogen) atoms. The van der Waals surface area contributed by atoms with E-state index in [4.69, 9.17) is 0 Å². The predicted octanol–water partition coefficient (Wildman–Crippen LogP) is 1.33. The molecule has 0 unspecified atom stereocenters. The molecule has 1 aliphatic rings. The van der Waals surface area contributed by atoms with Crippen molar-refractivity contribution in [3.63, 3.8) is 0 Å². The van der Waals surface area contributed by atoms with Crippen molar-refractivity contribution in [1.29, 1.82) is 0 Å². The SMILES string of the molecule is CNCC(=O)N(C)C1CCN(Cc2ccccc2)CC1. The fourth-order valence-corrected chi connectivity index (χ4v) is 2.79. The number of carbonyl (C=O) groups is 1. The third-order valence-corrected chi connectivity index (χ3v) is 4.08. The van der Waals surface area contributed by atoms with Gasteiger partial charge in [-0.3, -0.25) is 9.69 Å². The van der Waals surface area contributed by atoms with Gasteiger partial charge in [0, 0.05) is 32.7 Å². The lowest BCUT2D eigenvalue weighted by Gasteiger charge is -2.36. The fourth-order valence-electron chi connectivity index (χ4n) is 2.79. The maximum absolute atomic E-state index is 11.9. The van der Waals surface area contributed by atoms with Crippen LogP contribution in [0.5, 0.6) is 0 Å². The van der Waals surface area contributed by atoms with Crippen LogP contribution in [0.4, 0.5) is 0 Å². The molecule has 0 spiro atoms. The van der Waals surface area contributed by atoms with Gasteiger partial charge in [0.15, 0.2) is 0 Å². The molecule has 1 fully saturated rings. The first-order valence-electron chi connectivity index (χ1n) is 7.37. The molecule has 110 valence electrons. The zero-order valence-corrected chi connectivity index (χ0v) is 12.5. The lowest BCUT2D eigenvalue weighted by Crippen LogP contribution is -2.47. The number of carbonyl (C=O) groups excluding carboxylic acids is 1. The summed E-state index contributed by atoms with van der Waals surface area (Å²) >= 11 is 0. The summed E-state index contributed by atoms with van der Waals surface area (Å²) < 4.78 is 0. The zero-order valence-electron chi connectivity index (χ0n) is 12.5. The van der Waals surface area contributed by atoms with Crippen LogP contribution in [0, 0.1) is 0 Å². The van der Waals surface area contributed by atoms with Gasteiger partial charge in [0.1, 0.15) is 0 Å². The van der Waals surface area contributed by atoms with E-state index >= 15 is 0 Å². The largest absolute Gasteiger partial charge is 0.342 e. The van der Waals surface area contributed by atoms with Crippen molar-refractivity contribution >= 4 is 5.91 Å². The summed E-state index contributed by atoms with van der Waals surface area (Å²) in [5, 5.41) is 2.93. The first-order chi connectivity index (χ1) is 9.70. The van der Waals surface area contributed by atoms with Crippen molar-refractivity contribution in [2.24, 2.45) is 0 Å². The molecule has 1 aromatic carbocycles. The minimum absolute atomic E-state index is 0.189. The number of nitrogens with zero attached hydrogens (tertiary/aromatic N) is 2. The molecule has 0 radical (unpaired) electrons. The Hall–Kier alpha value is -1.39. The van der Waals surface area contributed by atoms with Crippen LogP contribution in [0.25, 0.3) is 0 Å². The molecule has 0 saturated carbocycles. The molecule has 1 N–H and O–H groups in total. The molecule has 1 aromatic rings. The van der Waals surface area contributed by atoms with E-state index in [2.05, 4.69) is 40.5 Å². The van der Waals surface area contributed by atoms with Gasteiger partial charge in [-0.25, -0.2) is 0 Å². The van der Waals surface area contributed by atoms with Crippen molar-refractivity contribution in [1.82, 2.24) is 15.1 Å². The molecule has 1 aliphatic heterocycles. The van der Waals surface area contributed by atoms with Crippen LogP contribution < -0.4 is 5.32 Å². The molecule has 4 heteroatoms. The molecule has 1 heterocycles. The Kier molecular flexibility index (Phi) is 5.56. The van der Waals surface area contributed by atoms with Crippen LogP contribution >= 0.6 is 0 Å². The molecule has 1 amide bonds. The molecule has 4 nitrogen and oxygen atoms in total. The Morgan fingerprint density at radius 3 is 2.55 bits per heavy atom. The Morgan fingerprint density at radius 2 is 1.95 bits per heavy atom. The molecule has 1 saturated heterocycles. The van der Waals surface area contributed by atoms with Crippen LogP contribution in [0.2, 0.25) is 0 Å². The Balaban J connectivity index is 1.79. The van der Waals surface area contributed by atoms with E-state index in [1.165, 1.54) is 5.56 Å². The van der Waals surface area contributed by atoms with Crippen LogP contribution in [0.15, 0.2) is 30.3 Å². The zero-order chi connectivity index (χ0) is 14.4. The normalized spacial score (nSPS) is 17.1.